The summed E-state index contributed by atoms with van der Waals surface area (Å²) in [5, 5.41) is 0. The van der Waals surface area contributed by atoms with Crippen molar-refractivity contribution < 1.29 is 9.53 Å². The largest absolute Gasteiger partial charge is 0.494 e. The van der Waals surface area contributed by atoms with Gasteiger partial charge in [-0.2, -0.15) is 0 Å². The maximum absolute atomic E-state index is 10.5. The third-order valence-electron chi connectivity index (χ3n) is 2.36. The number of ether oxygens (including phenoxy) is 1. The van der Waals surface area contributed by atoms with Gasteiger partial charge in [0.15, 0.2) is 0 Å². The van der Waals surface area contributed by atoms with Gasteiger partial charge in [-0.3, -0.25) is 4.79 Å². The molecule has 88 valence electrons. The first-order valence-corrected chi connectivity index (χ1v) is 9.40. The van der Waals surface area contributed by atoms with Crippen molar-refractivity contribution in [2.24, 2.45) is 0 Å². The van der Waals surface area contributed by atoms with Crippen molar-refractivity contribution in [3.05, 3.63) is 29.8 Å². The highest BCUT2D eigenvalue weighted by Crippen LogP contribution is 2.14. The average molecular weight is 236 g/mol. The summed E-state index contributed by atoms with van der Waals surface area (Å²) < 4.78 is 5.61. The third-order valence-corrected chi connectivity index (χ3v) is 4.21. The van der Waals surface area contributed by atoms with Crippen LogP contribution in [0.3, 0.4) is 0 Å². The van der Waals surface area contributed by atoms with Crippen molar-refractivity contribution in [3.8, 4) is 5.75 Å². The van der Waals surface area contributed by atoms with E-state index < -0.39 is 8.07 Å². The van der Waals surface area contributed by atoms with Crippen LogP contribution in [0.1, 0.15) is 16.8 Å². The van der Waals surface area contributed by atoms with Gasteiger partial charge in [-0.15, -0.1) is 0 Å². The maximum atomic E-state index is 10.5. The average Bonchev–Trinajstić information content (AvgIpc) is 2.24. The van der Waals surface area contributed by atoms with E-state index in [2.05, 4.69) is 19.6 Å². The van der Waals surface area contributed by atoms with E-state index in [1.165, 1.54) is 6.04 Å². The molecular weight excluding hydrogens is 216 g/mol. The summed E-state index contributed by atoms with van der Waals surface area (Å²) in [7, 11) is -0.936. The van der Waals surface area contributed by atoms with Crippen molar-refractivity contribution in [2.75, 3.05) is 6.61 Å². The molecule has 0 atom stereocenters. The standard InChI is InChI=1S/C13H20O2Si/c1-16(2,3)10-4-9-15-13-7-5-12(11-14)6-8-13/h5-8,11H,4,9-10H2,1-3H3. The Morgan fingerprint density at radius 2 is 1.81 bits per heavy atom. The maximum Gasteiger partial charge on any atom is 0.150 e. The zero-order valence-electron chi connectivity index (χ0n) is 10.3. The van der Waals surface area contributed by atoms with Crippen LogP contribution in [-0.4, -0.2) is 21.0 Å². The van der Waals surface area contributed by atoms with Crippen LogP contribution in [0.25, 0.3) is 0 Å². The number of hydrogen-bond donors (Lipinski definition) is 0. The van der Waals surface area contributed by atoms with E-state index in [9.17, 15) is 4.79 Å². The predicted octanol–water partition coefficient (Wildman–Crippen LogP) is 3.61. The van der Waals surface area contributed by atoms with E-state index in [0.29, 0.717) is 5.56 Å². The highest BCUT2D eigenvalue weighted by molar-refractivity contribution is 6.76. The smallest absolute Gasteiger partial charge is 0.150 e. The molecule has 1 aromatic rings. The van der Waals surface area contributed by atoms with Gasteiger partial charge in [0.2, 0.25) is 0 Å². The molecule has 0 heterocycles. The first kappa shape index (κ1) is 13.0. The molecule has 0 aliphatic heterocycles. The quantitative estimate of drug-likeness (QED) is 0.428. The van der Waals surface area contributed by atoms with Gasteiger partial charge in [0.05, 0.1) is 6.61 Å². The van der Waals surface area contributed by atoms with Crippen molar-refractivity contribution in [1.29, 1.82) is 0 Å². The zero-order chi connectivity index (χ0) is 12.0. The molecule has 3 heteroatoms. The fourth-order valence-corrected chi connectivity index (χ4v) is 2.64. The lowest BCUT2D eigenvalue weighted by Crippen LogP contribution is -2.19. The Morgan fingerprint density at radius 3 is 2.31 bits per heavy atom. The second-order valence-electron chi connectivity index (χ2n) is 5.20. The molecule has 0 radical (unpaired) electrons. The molecule has 0 spiro atoms. The molecule has 16 heavy (non-hydrogen) atoms. The molecule has 0 saturated carbocycles. The minimum absolute atomic E-state index is 0.689. The molecule has 0 aliphatic rings. The number of carbonyl (C=O) groups excluding carboxylic acids is 1. The third kappa shape index (κ3) is 5.12. The molecule has 0 aromatic heterocycles. The fourth-order valence-electron chi connectivity index (χ4n) is 1.44. The van der Waals surface area contributed by atoms with E-state index in [0.717, 1.165) is 25.1 Å². The van der Waals surface area contributed by atoms with Crippen LogP contribution < -0.4 is 4.74 Å². The lowest BCUT2D eigenvalue weighted by Gasteiger charge is -2.15. The summed E-state index contributed by atoms with van der Waals surface area (Å²) in [6.45, 7) is 7.87. The summed E-state index contributed by atoms with van der Waals surface area (Å²) in [6.07, 6.45) is 1.96. The van der Waals surface area contributed by atoms with Crippen LogP contribution in [0.2, 0.25) is 25.7 Å². The van der Waals surface area contributed by atoms with E-state index in [1.807, 2.05) is 12.1 Å². The molecular formula is C13H20O2Si. The fraction of sp³-hybridized carbons (Fsp3) is 0.462. The van der Waals surface area contributed by atoms with Crippen molar-refractivity contribution >= 4 is 14.4 Å². The minimum Gasteiger partial charge on any atom is -0.494 e. The molecule has 0 unspecified atom stereocenters. The molecule has 0 bridgehead atoms. The molecule has 0 N–H and O–H groups in total. The highest BCUT2D eigenvalue weighted by Gasteiger charge is 2.11. The number of hydrogen-bond acceptors (Lipinski definition) is 2. The second-order valence-corrected chi connectivity index (χ2v) is 10.8. The number of aldehydes is 1. The van der Waals surface area contributed by atoms with Gasteiger partial charge in [0, 0.05) is 13.6 Å². The summed E-state index contributed by atoms with van der Waals surface area (Å²) in [6, 6.07) is 8.54. The Hall–Kier alpha value is -1.09. The van der Waals surface area contributed by atoms with Crippen LogP contribution in [0.15, 0.2) is 24.3 Å². The normalized spacial score (nSPS) is 11.2. The van der Waals surface area contributed by atoms with E-state index >= 15 is 0 Å². The Balaban J connectivity index is 2.29. The van der Waals surface area contributed by atoms with E-state index in [-0.39, 0.29) is 0 Å². The molecule has 0 fully saturated rings. The predicted molar refractivity (Wildman–Crippen MR) is 70.1 cm³/mol. The number of carbonyl (C=O) groups is 1. The molecule has 0 amide bonds. The van der Waals surface area contributed by atoms with Gasteiger partial charge in [0.25, 0.3) is 0 Å². The van der Waals surface area contributed by atoms with E-state index in [4.69, 9.17) is 4.74 Å². The lowest BCUT2D eigenvalue weighted by atomic mass is 10.2. The van der Waals surface area contributed by atoms with Gasteiger partial charge >= 0.3 is 0 Å². The second kappa shape index (κ2) is 5.85. The molecule has 1 rings (SSSR count). The van der Waals surface area contributed by atoms with Crippen LogP contribution in [-0.2, 0) is 0 Å². The summed E-state index contributed by atoms with van der Waals surface area (Å²) in [5.41, 5.74) is 0.689. The van der Waals surface area contributed by atoms with Crippen molar-refractivity contribution in [3.63, 3.8) is 0 Å². The summed E-state index contributed by atoms with van der Waals surface area (Å²) in [4.78, 5) is 10.5. The Morgan fingerprint density at radius 1 is 1.19 bits per heavy atom. The van der Waals surface area contributed by atoms with Gasteiger partial charge in [-0.1, -0.05) is 25.7 Å². The lowest BCUT2D eigenvalue weighted by molar-refractivity contribution is 0.112. The molecule has 0 aliphatic carbocycles. The van der Waals surface area contributed by atoms with Gasteiger partial charge in [-0.25, -0.2) is 0 Å². The first-order chi connectivity index (χ1) is 7.51. The van der Waals surface area contributed by atoms with Gasteiger partial charge in [-0.05, 0) is 30.7 Å². The summed E-state index contributed by atoms with van der Waals surface area (Å²) in [5.74, 6) is 0.848. The topological polar surface area (TPSA) is 26.3 Å². The zero-order valence-corrected chi connectivity index (χ0v) is 11.3. The number of rotatable bonds is 6. The first-order valence-electron chi connectivity index (χ1n) is 5.69. The molecule has 2 nitrogen and oxygen atoms in total. The van der Waals surface area contributed by atoms with Crippen molar-refractivity contribution in [2.45, 2.75) is 32.1 Å². The number of benzene rings is 1. The van der Waals surface area contributed by atoms with Gasteiger partial charge < -0.3 is 4.74 Å². The highest BCUT2D eigenvalue weighted by atomic mass is 28.3. The van der Waals surface area contributed by atoms with Crippen LogP contribution in [0.4, 0.5) is 0 Å². The van der Waals surface area contributed by atoms with Crippen LogP contribution in [0, 0.1) is 0 Å². The van der Waals surface area contributed by atoms with E-state index in [1.54, 1.807) is 12.1 Å². The Kier molecular flexibility index (Phi) is 4.74. The Labute approximate surface area is 98.6 Å². The minimum atomic E-state index is -0.936. The summed E-state index contributed by atoms with van der Waals surface area (Å²) >= 11 is 0. The Bertz CT molecular complexity index is 325. The molecule has 1 aromatic carbocycles. The SMILES string of the molecule is C[Si](C)(C)CCCOc1ccc(C=O)cc1. The molecule has 0 saturated heterocycles. The van der Waals surface area contributed by atoms with Crippen LogP contribution >= 0.6 is 0 Å². The monoisotopic (exact) mass is 236 g/mol. The van der Waals surface area contributed by atoms with Crippen LogP contribution in [0.5, 0.6) is 5.75 Å². The van der Waals surface area contributed by atoms with Gasteiger partial charge in [0.1, 0.15) is 12.0 Å². The van der Waals surface area contributed by atoms with Crippen molar-refractivity contribution in [1.82, 2.24) is 0 Å².